The van der Waals surface area contributed by atoms with Crippen LogP contribution in [-0.4, -0.2) is 30.8 Å². The largest absolute Gasteiger partial charge is 0.481 e. The van der Waals surface area contributed by atoms with Crippen LogP contribution in [0.1, 0.15) is 36.4 Å². The molecule has 2 N–H and O–H groups in total. The lowest BCUT2D eigenvalue weighted by atomic mass is 10.0. The zero-order valence-corrected chi connectivity index (χ0v) is 12.1. The van der Waals surface area contributed by atoms with Gasteiger partial charge in [-0.25, -0.2) is 4.79 Å². The Kier molecular flexibility index (Phi) is 4.52. The van der Waals surface area contributed by atoms with Gasteiger partial charge in [0.15, 0.2) is 0 Å². The predicted molar refractivity (Wildman–Crippen MR) is 76.3 cm³/mol. The Balaban J connectivity index is 2.58. The maximum atomic E-state index is 12.2. The van der Waals surface area contributed by atoms with Gasteiger partial charge in [-0.05, 0) is 12.8 Å². The highest BCUT2D eigenvalue weighted by Crippen LogP contribution is 2.15. The molecule has 0 saturated heterocycles. The Bertz CT molecular complexity index is 689. The standard InChI is InChI=1S/C14H18N4O3/c1-3-11-10(5-13(19)20)12(4-2)18(14(21)17-11)8-9-6-15-16-7-9/h6-7H,3-5,8H2,1-2H3,(H,15,16)(H,19,20). The molecule has 0 radical (unpaired) electrons. The molecule has 0 spiro atoms. The number of hydrogen-bond donors (Lipinski definition) is 2. The SMILES string of the molecule is CCc1nc(=O)n(Cc2cn[nH]c2)c(CC)c1CC(=O)O. The van der Waals surface area contributed by atoms with Crippen LogP contribution in [0.5, 0.6) is 0 Å². The molecule has 0 unspecified atom stereocenters. The fraction of sp³-hybridized carbons (Fsp3) is 0.429. The van der Waals surface area contributed by atoms with Crippen molar-refractivity contribution in [1.29, 1.82) is 0 Å². The number of carboxylic acids is 1. The van der Waals surface area contributed by atoms with Gasteiger partial charge in [-0.3, -0.25) is 14.5 Å². The van der Waals surface area contributed by atoms with Crippen molar-refractivity contribution in [3.8, 4) is 0 Å². The number of rotatable bonds is 6. The molecular weight excluding hydrogens is 272 g/mol. The van der Waals surface area contributed by atoms with Gasteiger partial charge in [-0.2, -0.15) is 10.1 Å². The molecule has 0 aliphatic carbocycles. The summed E-state index contributed by atoms with van der Waals surface area (Å²) in [7, 11) is 0. The minimum Gasteiger partial charge on any atom is -0.481 e. The van der Waals surface area contributed by atoms with E-state index < -0.39 is 5.97 Å². The molecule has 7 nitrogen and oxygen atoms in total. The van der Waals surface area contributed by atoms with Gasteiger partial charge in [-0.1, -0.05) is 13.8 Å². The Labute approximate surface area is 121 Å². The van der Waals surface area contributed by atoms with E-state index in [1.165, 1.54) is 4.57 Å². The first-order valence-corrected chi connectivity index (χ1v) is 6.87. The van der Waals surface area contributed by atoms with Crippen LogP contribution in [0.4, 0.5) is 0 Å². The number of aryl methyl sites for hydroxylation is 1. The minimum atomic E-state index is -0.922. The monoisotopic (exact) mass is 290 g/mol. The van der Waals surface area contributed by atoms with Crippen molar-refractivity contribution in [2.75, 3.05) is 0 Å². The molecule has 112 valence electrons. The Morgan fingerprint density at radius 3 is 2.67 bits per heavy atom. The average Bonchev–Trinajstić information content (AvgIpc) is 2.94. The van der Waals surface area contributed by atoms with Gasteiger partial charge >= 0.3 is 11.7 Å². The maximum absolute atomic E-state index is 12.2. The first-order valence-electron chi connectivity index (χ1n) is 6.87. The molecule has 0 atom stereocenters. The van der Waals surface area contributed by atoms with E-state index in [-0.39, 0.29) is 12.1 Å². The molecule has 7 heteroatoms. The number of nitrogens with zero attached hydrogens (tertiary/aromatic N) is 3. The van der Waals surface area contributed by atoms with Gasteiger partial charge in [0.05, 0.1) is 24.9 Å². The van der Waals surface area contributed by atoms with Crippen molar-refractivity contribution in [3.05, 3.63) is 45.4 Å². The van der Waals surface area contributed by atoms with Gasteiger partial charge in [0, 0.05) is 23.0 Å². The van der Waals surface area contributed by atoms with E-state index in [2.05, 4.69) is 15.2 Å². The summed E-state index contributed by atoms with van der Waals surface area (Å²) in [6, 6.07) is 0. The summed E-state index contributed by atoms with van der Waals surface area (Å²) < 4.78 is 1.53. The van der Waals surface area contributed by atoms with Crippen LogP contribution in [0.2, 0.25) is 0 Å². The number of carboxylic acid groups (broad SMARTS) is 1. The zero-order valence-electron chi connectivity index (χ0n) is 12.1. The number of carbonyl (C=O) groups is 1. The molecule has 0 bridgehead atoms. The lowest BCUT2D eigenvalue weighted by Gasteiger charge is -2.16. The van der Waals surface area contributed by atoms with Crippen LogP contribution in [0, 0.1) is 0 Å². The molecule has 21 heavy (non-hydrogen) atoms. The topological polar surface area (TPSA) is 101 Å². The van der Waals surface area contributed by atoms with E-state index in [1.807, 2.05) is 13.8 Å². The first kappa shape index (κ1) is 15.0. The minimum absolute atomic E-state index is 0.120. The van der Waals surface area contributed by atoms with Gasteiger partial charge in [0.25, 0.3) is 0 Å². The van der Waals surface area contributed by atoms with E-state index >= 15 is 0 Å². The maximum Gasteiger partial charge on any atom is 0.348 e. The second-order valence-electron chi connectivity index (χ2n) is 4.74. The summed E-state index contributed by atoms with van der Waals surface area (Å²) in [6.45, 7) is 4.11. The number of nitrogens with one attached hydrogen (secondary N) is 1. The summed E-state index contributed by atoms with van der Waals surface area (Å²) >= 11 is 0. The van der Waals surface area contributed by atoms with Crippen molar-refractivity contribution >= 4 is 5.97 Å². The number of aliphatic carboxylic acids is 1. The van der Waals surface area contributed by atoms with Crippen molar-refractivity contribution in [2.24, 2.45) is 0 Å². The highest BCUT2D eigenvalue weighted by molar-refractivity contribution is 5.71. The van der Waals surface area contributed by atoms with Crippen molar-refractivity contribution < 1.29 is 9.90 Å². The average molecular weight is 290 g/mol. The van der Waals surface area contributed by atoms with Crippen LogP contribution in [0.3, 0.4) is 0 Å². The summed E-state index contributed by atoms with van der Waals surface area (Å²) in [5.41, 5.74) is 2.45. The third kappa shape index (κ3) is 3.18. The lowest BCUT2D eigenvalue weighted by molar-refractivity contribution is -0.136. The van der Waals surface area contributed by atoms with Gasteiger partial charge in [0.2, 0.25) is 0 Å². The van der Waals surface area contributed by atoms with Crippen molar-refractivity contribution in [3.63, 3.8) is 0 Å². The smallest absolute Gasteiger partial charge is 0.348 e. The van der Waals surface area contributed by atoms with E-state index in [0.29, 0.717) is 30.6 Å². The van der Waals surface area contributed by atoms with E-state index in [9.17, 15) is 9.59 Å². The van der Waals surface area contributed by atoms with Crippen molar-refractivity contribution in [1.82, 2.24) is 19.7 Å². The Hall–Kier alpha value is -2.44. The van der Waals surface area contributed by atoms with E-state index in [1.54, 1.807) is 12.4 Å². The molecule has 2 aromatic heterocycles. The summed E-state index contributed by atoms with van der Waals surface area (Å²) in [6.07, 6.45) is 4.33. The van der Waals surface area contributed by atoms with Gasteiger partial charge in [0.1, 0.15) is 0 Å². The molecule has 0 saturated carbocycles. The molecule has 2 heterocycles. The number of hydrogen-bond acceptors (Lipinski definition) is 4. The quantitative estimate of drug-likeness (QED) is 0.818. The second-order valence-corrected chi connectivity index (χ2v) is 4.74. The molecule has 2 aromatic rings. The summed E-state index contributed by atoms with van der Waals surface area (Å²) in [4.78, 5) is 27.4. The lowest BCUT2D eigenvalue weighted by Crippen LogP contribution is -2.30. The third-order valence-corrected chi connectivity index (χ3v) is 3.38. The first-order chi connectivity index (χ1) is 10.1. The normalized spacial score (nSPS) is 10.8. The zero-order chi connectivity index (χ0) is 15.4. The molecule has 0 fully saturated rings. The highest BCUT2D eigenvalue weighted by Gasteiger charge is 2.17. The molecule has 0 aliphatic heterocycles. The Morgan fingerprint density at radius 1 is 1.38 bits per heavy atom. The van der Waals surface area contributed by atoms with E-state index in [4.69, 9.17) is 5.11 Å². The highest BCUT2D eigenvalue weighted by atomic mass is 16.4. The predicted octanol–water partition coefficient (Wildman–Crippen LogP) is 0.767. The van der Waals surface area contributed by atoms with Crippen LogP contribution < -0.4 is 5.69 Å². The van der Waals surface area contributed by atoms with Crippen LogP contribution >= 0.6 is 0 Å². The molecule has 0 aliphatic rings. The number of aromatic nitrogens is 4. The molecule has 0 amide bonds. The van der Waals surface area contributed by atoms with E-state index in [0.717, 1.165) is 11.3 Å². The summed E-state index contributed by atoms with van der Waals surface area (Å²) in [5.74, 6) is -0.922. The van der Waals surface area contributed by atoms with Crippen LogP contribution in [-0.2, 0) is 30.6 Å². The second kappa shape index (κ2) is 6.34. The summed E-state index contributed by atoms with van der Waals surface area (Å²) in [5, 5.41) is 15.6. The third-order valence-electron chi connectivity index (χ3n) is 3.38. The van der Waals surface area contributed by atoms with Crippen molar-refractivity contribution in [2.45, 2.75) is 39.7 Å². The molecule has 2 rings (SSSR count). The fourth-order valence-electron chi connectivity index (χ4n) is 2.45. The fourth-order valence-corrected chi connectivity index (χ4v) is 2.45. The van der Waals surface area contributed by atoms with Crippen LogP contribution in [0.15, 0.2) is 17.2 Å². The number of aromatic amines is 1. The van der Waals surface area contributed by atoms with Gasteiger partial charge in [-0.15, -0.1) is 0 Å². The number of H-pyrrole nitrogens is 1. The Morgan fingerprint density at radius 2 is 2.14 bits per heavy atom. The van der Waals surface area contributed by atoms with Crippen LogP contribution in [0.25, 0.3) is 0 Å². The molecular formula is C14H18N4O3. The molecule has 0 aromatic carbocycles. The van der Waals surface area contributed by atoms with Gasteiger partial charge < -0.3 is 5.11 Å².